The molecule has 4 aromatic heterocycles. The van der Waals surface area contributed by atoms with E-state index in [0.717, 1.165) is 91.6 Å². The highest BCUT2D eigenvalue weighted by Crippen LogP contribution is 2.33. The van der Waals surface area contributed by atoms with E-state index >= 15 is 0 Å². The van der Waals surface area contributed by atoms with Crippen LogP contribution >= 0.6 is 11.3 Å². The monoisotopic (exact) mass is 1060 g/mol. The zero-order valence-corrected chi connectivity index (χ0v) is 45.8. The van der Waals surface area contributed by atoms with Crippen LogP contribution in [0.15, 0.2) is 59.1 Å². The minimum Gasteiger partial charge on any atom is -0.391 e. The average Bonchev–Trinajstić information content (AvgIpc) is 4.20. The van der Waals surface area contributed by atoms with Gasteiger partial charge in [-0.3, -0.25) is 33.3 Å². The van der Waals surface area contributed by atoms with Crippen molar-refractivity contribution in [1.29, 1.82) is 0 Å². The van der Waals surface area contributed by atoms with Crippen LogP contribution in [0.25, 0.3) is 21.5 Å². The van der Waals surface area contributed by atoms with E-state index in [1.807, 2.05) is 74.5 Å². The van der Waals surface area contributed by atoms with Gasteiger partial charge in [-0.2, -0.15) is 4.98 Å². The molecule has 4 amide bonds. The van der Waals surface area contributed by atoms with Crippen molar-refractivity contribution in [3.05, 3.63) is 87.0 Å². The minimum absolute atomic E-state index is 0.00967. The van der Waals surface area contributed by atoms with Gasteiger partial charge in [0, 0.05) is 76.2 Å². The Morgan fingerprint density at radius 3 is 2.16 bits per heavy atom. The summed E-state index contributed by atoms with van der Waals surface area (Å²) in [6, 6.07) is 10.1. The number of aliphatic hydroxyl groups is 1. The molecule has 18 nitrogen and oxygen atoms in total. The molecule has 1 aromatic carbocycles. The summed E-state index contributed by atoms with van der Waals surface area (Å²) in [6.45, 7) is 13.8. The number of rotatable bonds is 21. The van der Waals surface area contributed by atoms with Crippen molar-refractivity contribution in [2.75, 3.05) is 42.9 Å². The van der Waals surface area contributed by atoms with Crippen LogP contribution in [0.3, 0.4) is 0 Å². The highest BCUT2D eigenvalue weighted by Gasteiger charge is 2.44. The fourth-order valence-corrected chi connectivity index (χ4v) is 11.7. The number of hydrogen-bond donors (Lipinski definition) is 4. The highest BCUT2D eigenvalue weighted by molar-refractivity contribution is 7.13. The zero-order valence-electron chi connectivity index (χ0n) is 45.0. The van der Waals surface area contributed by atoms with E-state index in [1.165, 1.54) is 11.8 Å². The molecule has 2 aliphatic heterocycles. The molecule has 3 aliphatic rings. The number of likely N-dealkylation sites (tertiary alicyclic amines) is 1. The number of nitrogens with zero attached hydrogens (tertiary/aromatic N) is 8. The number of hydrogen-bond acceptors (Lipinski definition) is 14. The third kappa shape index (κ3) is 13.5. The number of fused-ring (bicyclic) bond motifs is 1. The van der Waals surface area contributed by atoms with Crippen molar-refractivity contribution in [2.45, 2.75) is 162 Å². The number of thiazole rings is 1. The number of anilines is 3. The summed E-state index contributed by atoms with van der Waals surface area (Å²) in [7, 11) is 0. The van der Waals surface area contributed by atoms with Gasteiger partial charge in [-0.15, -0.1) is 11.3 Å². The topological polar surface area (TPSA) is 225 Å². The van der Waals surface area contributed by atoms with Crippen LogP contribution in [0.1, 0.15) is 151 Å². The molecule has 1 saturated carbocycles. The first kappa shape index (κ1) is 55.6. The summed E-state index contributed by atoms with van der Waals surface area (Å²) < 4.78 is 1.70. The van der Waals surface area contributed by atoms with E-state index in [4.69, 9.17) is 4.98 Å². The van der Waals surface area contributed by atoms with E-state index in [-0.39, 0.29) is 72.5 Å². The predicted octanol–water partition coefficient (Wildman–Crippen LogP) is 7.96. The Kier molecular flexibility index (Phi) is 18.3. The van der Waals surface area contributed by atoms with Gasteiger partial charge in [0.25, 0.3) is 5.56 Å². The quantitative estimate of drug-likeness (QED) is 0.0405. The van der Waals surface area contributed by atoms with Crippen molar-refractivity contribution < 1.29 is 29.1 Å². The average molecular weight is 1060 g/mol. The van der Waals surface area contributed by atoms with Crippen LogP contribution in [0.2, 0.25) is 0 Å². The van der Waals surface area contributed by atoms with Crippen molar-refractivity contribution in [3.63, 3.8) is 0 Å². The van der Waals surface area contributed by atoms with E-state index in [9.17, 15) is 33.9 Å². The van der Waals surface area contributed by atoms with Gasteiger partial charge in [-0.1, -0.05) is 90.0 Å². The van der Waals surface area contributed by atoms with Gasteiger partial charge < -0.3 is 35.8 Å². The molecule has 0 bridgehead atoms. The highest BCUT2D eigenvalue weighted by atomic mass is 32.1. The lowest BCUT2D eigenvalue weighted by Crippen LogP contribution is -2.57. The van der Waals surface area contributed by atoms with Crippen molar-refractivity contribution in [1.82, 2.24) is 44.9 Å². The normalized spacial score (nSPS) is 17.5. The number of aryl methyl sites for hydroxylation is 2. The number of unbranched alkanes of at least 4 members (excludes halogenated alkanes) is 6. The van der Waals surface area contributed by atoms with E-state index in [0.29, 0.717) is 67.4 Å². The number of nitrogens with one attached hydrogen (secondary N) is 3. The number of benzene rings is 1. The largest absolute Gasteiger partial charge is 0.391 e. The standard InChI is InChI=1S/C57H75N11O7S/c1-36-44-33-60-56(64-52(44)68(41-16-14-15-17-41)54(74)49(36)38(3)69)62-46-25-24-42(32-58-46)65-26-28-66(29-27-65)48(72)19-13-11-9-7-8-10-12-18-47(71)63-51(57(4,5)6)55(75)67-34-43(70)30-45(67)53(73)59-31-39-20-22-40(23-21-39)50-37(2)61-35-76-50/h20-25,32-33,35,41,43,45,51,70H,7-19,26-31,34H2,1-6H3,(H,59,73)(H,63,71)(H,58,60,62,64)/t43-,45+,51?/m1/s1. The molecule has 76 heavy (non-hydrogen) atoms. The number of amides is 4. The summed E-state index contributed by atoms with van der Waals surface area (Å²) in [5.74, 6) is -0.124. The Hall–Kier alpha value is -6.60. The van der Waals surface area contributed by atoms with Gasteiger partial charge in [0.15, 0.2) is 5.78 Å². The van der Waals surface area contributed by atoms with Gasteiger partial charge in [-0.05, 0) is 80.7 Å². The Morgan fingerprint density at radius 1 is 0.842 bits per heavy atom. The molecule has 2 saturated heterocycles. The number of Topliss-reactive ketones (excluding diaryl/α,β-unsaturated/α-hetero) is 1. The van der Waals surface area contributed by atoms with E-state index in [2.05, 4.69) is 35.8 Å². The predicted molar refractivity (Wildman–Crippen MR) is 296 cm³/mol. The number of pyridine rings is 2. The number of piperazine rings is 1. The summed E-state index contributed by atoms with van der Waals surface area (Å²) in [5, 5.41) is 20.4. The third-order valence-corrected chi connectivity index (χ3v) is 16.2. The summed E-state index contributed by atoms with van der Waals surface area (Å²) >= 11 is 1.58. The molecular weight excluding hydrogens is 983 g/mol. The smallest absolute Gasteiger partial charge is 0.263 e. The second-order valence-corrected chi connectivity index (χ2v) is 22.8. The van der Waals surface area contributed by atoms with Crippen LogP contribution < -0.4 is 26.4 Å². The summed E-state index contributed by atoms with van der Waals surface area (Å²) in [6.07, 6.45) is 13.7. The lowest BCUT2D eigenvalue weighted by atomic mass is 9.85. The van der Waals surface area contributed by atoms with Gasteiger partial charge in [-0.25, -0.2) is 15.0 Å². The number of carbonyl (C=O) groups excluding carboxylic acids is 5. The van der Waals surface area contributed by atoms with Crippen LogP contribution in [-0.2, 0) is 25.7 Å². The summed E-state index contributed by atoms with van der Waals surface area (Å²) in [4.78, 5) is 105. The van der Waals surface area contributed by atoms with Crippen LogP contribution in [0.5, 0.6) is 0 Å². The number of aliphatic hydroxyl groups excluding tert-OH is 1. The molecule has 0 spiro atoms. The Balaban J connectivity index is 0.703. The van der Waals surface area contributed by atoms with Gasteiger partial charge in [0.1, 0.15) is 23.5 Å². The fourth-order valence-electron chi connectivity index (χ4n) is 10.9. The third-order valence-electron chi connectivity index (χ3n) is 15.2. The van der Waals surface area contributed by atoms with Crippen LogP contribution in [0.4, 0.5) is 17.5 Å². The minimum atomic E-state index is -0.866. The number of β-amino-alcohol motifs (C(OH)–C–C–N with tert-alkyl or cyclic N) is 1. The van der Waals surface area contributed by atoms with Crippen LogP contribution in [0, 0.1) is 19.3 Å². The maximum atomic E-state index is 14.0. The molecule has 4 N–H and O–H groups in total. The van der Waals surface area contributed by atoms with Gasteiger partial charge in [0.05, 0.1) is 39.6 Å². The molecule has 406 valence electrons. The molecule has 8 rings (SSSR count). The molecule has 19 heteroatoms. The Labute approximate surface area is 449 Å². The molecule has 1 aliphatic carbocycles. The van der Waals surface area contributed by atoms with E-state index < -0.39 is 23.6 Å². The molecule has 0 radical (unpaired) electrons. The van der Waals surface area contributed by atoms with Crippen molar-refractivity contribution in [2.24, 2.45) is 5.41 Å². The SMILES string of the molecule is CC(=O)c1c(C)c2cnc(Nc3ccc(N4CCN(C(=O)CCCCCCCCCC(=O)NC(C(=O)N5C[C@H](O)C[C@H]5C(=O)NCc5ccc(-c6scnc6C)cc5)C(C)(C)C)CC4)cn3)nc2n(C2CCCC2)c1=O. The maximum Gasteiger partial charge on any atom is 0.263 e. The number of aromatic nitrogens is 5. The molecule has 1 unspecified atom stereocenters. The molecule has 5 aromatic rings. The second kappa shape index (κ2) is 25.0. The Bertz CT molecular complexity index is 2920. The Morgan fingerprint density at radius 2 is 1.53 bits per heavy atom. The maximum absolute atomic E-state index is 14.0. The molecule has 3 fully saturated rings. The molecular formula is C57H75N11O7S. The van der Waals surface area contributed by atoms with E-state index in [1.54, 1.807) is 35.2 Å². The second-order valence-electron chi connectivity index (χ2n) is 21.9. The first-order chi connectivity index (χ1) is 36.5. The van der Waals surface area contributed by atoms with Gasteiger partial charge in [0.2, 0.25) is 29.6 Å². The summed E-state index contributed by atoms with van der Waals surface area (Å²) in [5.41, 5.74) is 6.12. The lowest BCUT2D eigenvalue weighted by Gasteiger charge is -2.36. The number of carbonyl (C=O) groups is 5. The lowest BCUT2D eigenvalue weighted by molar-refractivity contribution is -0.144. The molecule has 6 heterocycles. The van der Waals surface area contributed by atoms with Crippen molar-refractivity contribution in [3.8, 4) is 10.4 Å². The first-order valence-electron chi connectivity index (χ1n) is 27.2. The van der Waals surface area contributed by atoms with Crippen molar-refractivity contribution >= 4 is 69.2 Å². The first-order valence-corrected chi connectivity index (χ1v) is 28.1. The number of ketones is 1. The van der Waals surface area contributed by atoms with Gasteiger partial charge >= 0.3 is 0 Å². The zero-order chi connectivity index (χ0) is 54.1. The van der Waals surface area contributed by atoms with Crippen LogP contribution in [-0.4, -0.2) is 120 Å². The molecule has 3 atom stereocenters. The fraction of sp³-hybridized carbons (Fsp3) is 0.544.